The SMILES string of the molecule is O=C(O)[C@H]1Cc2ccccc2CN1Cc1cnc(-c2ccccn2)nc1. The fourth-order valence-electron chi connectivity index (χ4n) is 3.29. The first kappa shape index (κ1) is 16.4. The van der Waals surface area contributed by atoms with Crippen LogP contribution in [0.2, 0.25) is 0 Å². The molecule has 0 radical (unpaired) electrons. The summed E-state index contributed by atoms with van der Waals surface area (Å²) >= 11 is 0. The predicted octanol–water partition coefficient (Wildman–Crippen LogP) is 2.55. The summed E-state index contributed by atoms with van der Waals surface area (Å²) in [6, 6.07) is 13.1. The molecule has 0 aliphatic carbocycles. The lowest BCUT2D eigenvalue weighted by Crippen LogP contribution is -2.45. The van der Waals surface area contributed by atoms with Crippen LogP contribution in [0, 0.1) is 0 Å². The van der Waals surface area contributed by atoms with Gasteiger partial charge >= 0.3 is 5.97 Å². The van der Waals surface area contributed by atoms with Crippen molar-refractivity contribution in [3.05, 3.63) is 77.7 Å². The Kier molecular flexibility index (Phi) is 4.41. The Balaban J connectivity index is 1.55. The molecule has 1 atom stereocenters. The van der Waals surface area contributed by atoms with Crippen molar-refractivity contribution in [2.45, 2.75) is 25.6 Å². The highest BCUT2D eigenvalue weighted by Gasteiger charge is 2.31. The average molecular weight is 346 g/mol. The Hall–Kier alpha value is -3.12. The minimum Gasteiger partial charge on any atom is -0.480 e. The zero-order valence-electron chi connectivity index (χ0n) is 14.1. The van der Waals surface area contributed by atoms with Gasteiger partial charge in [0.2, 0.25) is 0 Å². The van der Waals surface area contributed by atoms with Crippen LogP contribution >= 0.6 is 0 Å². The number of carboxylic acids is 1. The van der Waals surface area contributed by atoms with Gasteiger partial charge in [0.1, 0.15) is 11.7 Å². The number of benzene rings is 1. The van der Waals surface area contributed by atoms with E-state index in [4.69, 9.17) is 0 Å². The van der Waals surface area contributed by atoms with Crippen LogP contribution in [0.1, 0.15) is 16.7 Å². The summed E-state index contributed by atoms with van der Waals surface area (Å²) in [7, 11) is 0. The molecule has 26 heavy (non-hydrogen) atoms. The first-order valence-corrected chi connectivity index (χ1v) is 8.46. The van der Waals surface area contributed by atoms with E-state index in [1.807, 2.05) is 41.3 Å². The molecule has 0 amide bonds. The molecule has 0 spiro atoms. The van der Waals surface area contributed by atoms with Crippen molar-refractivity contribution >= 4 is 5.97 Å². The van der Waals surface area contributed by atoms with E-state index >= 15 is 0 Å². The highest BCUT2D eigenvalue weighted by Crippen LogP contribution is 2.25. The summed E-state index contributed by atoms with van der Waals surface area (Å²) in [4.78, 5) is 26.7. The highest BCUT2D eigenvalue weighted by molar-refractivity contribution is 5.74. The summed E-state index contributed by atoms with van der Waals surface area (Å²) in [6.45, 7) is 1.10. The molecule has 3 aromatic rings. The van der Waals surface area contributed by atoms with Gasteiger partial charge in [0, 0.05) is 37.2 Å². The molecule has 0 bridgehead atoms. The molecule has 130 valence electrons. The Labute approximate surface area is 151 Å². The van der Waals surface area contributed by atoms with E-state index in [0.717, 1.165) is 16.8 Å². The lowest BCUT2D eigenvalue weighted by atomic mass is 9.93. The lowest BCUT2D eigenvalue weighted by molar-refractivity contribution is -0.144. The van der Waals surface area contributed by atoms with Gasteiger partial charge in [-0.15, -0.1) is 0 Å². The van der Waals surface area contributed by atoms with Crippen molar-refractivity contribution < 1.29 is 9.90 Å². The second kappa shape index (κ2) is 7.01. The third kappa shape index (κ3) is 3.32. The van der Waals surface area contributed by atoms with Gasteiger partial charge in [0.15, 0.2) is 5.82 Å². The summed E-state index contributed by atoms with van der Waals surface area (Å²) in [5, 5.41) is 9.62. The molecule has 6 heteroatoms. The van der Waals surface area contributed by atoms with Crippen molar-refractivity contribution in [1.82, 2.24) is 19.9 Å². The lowest BCUT2D eigenvalue weighted by Gasteiger charge is -2.34. The number of hydrogen-bond acceptors (Lipinski definition) is 5. The molecule has 2 aromatic heterocycles. The van der Waals surface area contributed by atoms with Crippen molar-refractivity contribution in [2.75, 3.05) is 0 Å². The smallest absolute Gasteiger partial charge is 0.321 e. The van der Waals surface area contributed by atoms with Crippen LogP contribution in [0.25, 0.3) is 11.5 Å². The fourth-order valence-corrected chi connectivity index (χ4v) is 3.29. The number of hydrogen-bond donors (Lipinski definition) is 1. The third-order valence-electron chi connectivity index (χ3n) is 4.62. The van der Waals surface area contributed by atoms with E-state index in [9.17, 15) is 9.90 Å². The predicted molar refractivity (Wildman–Crippen MR) is 96.1 cm³/mol. The minimum absolute atomic E-state index is 0.494. The Morgan fingerprint density at radius 2 is 1.77 bits per heavy atom. The van der Waals surface area contributed by atoms with E-state index < -0.39 is 12.0 Å². The van der Waals surface area contributed by atoms with Crippen LogP contribution in [0.5, 0.6) is 0 Å². The maximum atomic E-state index is 11.7. The van der Waals surface area contributed by atoms with Gasteiger partial charge in [-0.25, -0.2) is 9.97 Å². The third-order valence-corrected chi connectivity index (χ3v) is 4.62. The van der Waals surface area contributed by atoms with E-state index in [0.29, 0.717) is 25.3 Å². The second-order valence-electron chi connectivity index (χ2n) is 6.36. The Bertz CT molecular complexity index is 913. The van der Waals surface area contributed by atoms with Gasteiger partial charge in [-0.3, -0.25) is 14.7 Å². The summed E-state index contributed by atoms with van der Waals surface area (Å²) in [6.07, 6.45) is 5.71. The van der Waals surface area contributed by atoms with Crippen LogP contribution < -0.4 is 0 Å². The molecule has 0 unspecified atom stereocenters. The fraction of sp³-hybridized carbons (Fsp3) is 0.200. The zero-order chi connectivity index (χ0) is 17.9. The summed E-state index contributed by atoms with van der Waals surface area (Å²) in [5.74, 6) is -0.237. The molecular formula is C20H18N4O2. The molecule has 1 aliphatic rings. The van der Waals surface area contributed by atoms with Crippen LogP contribution in [-0.4, -0.2) is 37.0 Å². The van der Waals surface area contributed by atoms with Crippen LogP contribution in [0.4, 0.5) is 0 Å². The topological polar surface area (TPSA) is 79.2 Å². The normalized spacial score (nSPS) is 16.8. The van der Waals surface area contributed by atoms with Gasteiger partial charge in [-0.1, -0.05) is 30.3 Å². The van der Waals surface area contributed by atoms with Crippen LogP contribution in [0.15, 0.2) is 61.1 Å². The monoisotopic (exact) mass is 346 g/mol. The number of aromatic nitrogens is 3. The summed E-state index contributed by atoms with van der Waals surface area (Å²) < 4.78 is 0. The number of fused-ring (bicyclic) bond motifs is 1. The highest BCUT2D eigenvalue weighted by atomic mass is 16.4. The van der Waals surface area contributed by atoms with Crippen molar-refractivity contribution in [3.63, 3.8) is 0 Å². The quantitative estimate of drug-likeness (QED) is 0.782. The number of carboxylic acid groups (broad SMARTS) is 1. The molecule has 0 fully saturated rings. The van der Waals surface area contributed by atoms with Crippen LogP contribution in [0.3, 0.4) is 0 Å². The minimum atomic E-state index is -0.800. The number of nitrogens with zero attached hydrogens (tertiary/aromatic N) is 4. The van der Waals surface area contributed by atoms with E-state index in [1.165, 1.54) is 5.56 Å². The van der Waals surface area contributed by atoms with E-state index in [1.54, 1.807) is 18.6 Å². The molecule has 6 nitrogen and oxygen atoms in total. The first-order valence-electron chi connectivity index (χ1n) is 8.46. The molecular weight excluding hydrogens is 328 g/mol. The molecule has 1 N–H and O–H groups in total. The van der Waals surface area contributed by atoms with E-state index in [-0.39, 0.29) is 0 Å². The molecule has 1 aliphatic heterocycles. The number of pyridine rings is 1. The van der Waals surface area contributed by atoms with Gasteiger partial charge in [0.25, 0.3) is 0 Å². The summed E-state index contributed by atoms with van der Waals surface area (Å²) in [5.41, 5.74) is 3.89. The Morgan fingerprint density at radius 1 is 1.04 bits per heavy atom. The Morgan fingerprint density at radius 3 is 2.46 bits per heavy atom. The molecule has 0 saturated heterocycles. The van der Waals surface area contributed by atoms with Crippen LogP contribution in [-0.2, 0) is 24.3 Å². The zero-order valence-corrected chi connectivity index (χ0v) is 14.1. The largest absolute Gasteiger partial charge is 0.480 e. The number of carbonyl (C=O) groups is 1. The van der Waals surface area contributed by atoms with Crippen molar-refractivity contribution in [1.29, 1.82) is 0 Å². The maximum absolute atomic E-state index is 11.7. The van der Waals surface area contributed by atoms with E-state index in [2.05, 4.69) is 21.0 Å². The second-order valence-corrected chi connectivity index (χ2v) is 6.36. The average Bonchev–Trinajstić information content (AvgIpc) is 2.68. The van der Waals surface area contributed by atoms with Gasteiger partial charge in [-0.2, -0.15) is 0 Å². The molecule has 0 saturated carbocycles. The standard InChI is InChI=1S/C20H18N4O2/c25-20(26)18-9-15-5-1-2-6-16(15)13-24(18)12-14-10-22-19(23-11-14)17-7-3-4-8-21-17/h1-8,10-11,18H,9,12-13H2,(H,25,26)/t18-/m1/s1. The molecule has 3 heterocycles. The first-order chi connectivity index (χ1) is 12.7. The van der Waals surface area contributed by atoms with Gasteiger partial charge in [0.05, 0.1) is 0 Å². The van der Waals surface area contributed by atoms with Crippen molar-refractivity contribution in [2.24, 2.45) is 0 Å². The molecule has 1 aromatic carbocycles. The maximum Gasteiger partial charge on any atom is 0.321 e. The van der Waals surface area contributed by atoms with Gasteiger partial charge in [-0.05, 0) is 29.7 Å². The van der Waals surface area contributed by atoms with Crippen molar-refractivity contribution in [3.8, 4) is 11.5 Å². The molecule has 4 rings (SSSR count). The number of rotatable bonds is 4. The number of aliphatic carboxylic acids is 1. The van der Waals surface area contributed by atoms with Gasteiger partial charge < -0.3 is 5.11 Å².